The molecule has 0 unspecified atom stereocenters. The minimum Gasteiger partial charge on any atom is -0.489 e. The van der Waals surface area contributed by atoms with Crippen LogP contribution in [0.4, 0.5) is 0 Å². The van der Waals surface area contributed by atoms with Crippen molar-refractivity contribution < 1.29 is 19.9 Å². The van der Waals surface area contributed by atoms with Gasteiger partial charge in [-0.15, -0.1) is 0 Å². The number of nitrogens with two attached hydrogens (primary N) is 1. The third-order valence-corrected chi connectivity index (χ3v) is 2.40. The lowest BCUT2D eigenvalue weighted by Crippen LogP contribution is -2.83. The molecule has 0 fully saturated rings. The smallest absolute Gasteiger partial charge is 0.128 e. The molecule has 3 N–H and O–H groups in total. The van der Waals surface area contributed by atoms with Gasteiger partial charge in [-0.25, -0.2) is 0 Å². The van der Waals surface area contributed by atoms with Gasteiger partial charge in [0.15, 0.2) is 0 Å². The molecule has 0 radical (unpaired) electrons. The first-order chi connectivity index (χ1) is 8.88. The van der Waals surface area contributed by atoms with Gasteiger partial charge in [-0.1, -0.05) is 24.8 Å². The van der Waals surface area contributed by atoms with Crippen molar-refractivity contribution in [1.82, 2.24) is 0 Å². The fourth-order valence-corrected chi connectivity index (χ4v) is 1.55. The summed E-state index contributed by atoms with van der Waals surface area (Å²) in [6.07, 6.45) is 1.74. The Morgan fingerprint density at radius 3 is 2.89 bits per heavy atom. The largest absolute Gasteiger partial charge is 0.489 e. The van der Waals surface area contributed by atoms with E-state index in [2.05, 4.69) is 18.0 Å². The number of ether oxygens (including phenoxy) is 2. The summed E-state index contributed by atoms with van der Waals surface area (Å²) < 4.78 is 10.8. The number of rotatable bonds is 10. The van der Waals surface area contributed by atoms with Crippen LogP contribution in [0.15, 0.2) is 36.9 Å². The van der Waals surface area contributed by atoms with E-state index in [0.717, 1.165) is 18.8 Å². The minimum absolute atomic E-state index is 0.0816. The quantitative estimate of drug-likeness (QED) is 0.466. The summed E-state index contributed by atoms with van der Waals surface area (Å²) in [4.78, 5) is 0. The standard InChI is InChI=1S/C14H21NO3/c1-2-9-18-14-6-4-3-5-13(14)12-15-7-10-17-11-8-16/h2-6,15-16H,1,7-12H2/p+1. The Hall–Kier alpha value is -1.36. The molecule has 1 aromatic carbocycles. The number of benzene rings is 1. The van der Waals surface area contributed by atoms with Gasteiger partial charge in [-0.05, 0) is 12.1 Å². The normalized spacial score (nSPS) is 10.3. The van der Waals surface area contributed by atoms with Crippen molar-refractivity contribution >= 4 is 0 Å². The first-order valence-corrected chi connectivity index (χ1v) is 6.20. The molecule has 0 spiro atoms. The van der Waals surface area contributed by atoms with Crippen LogP contribution >= 0.6 is 0 Å². The number of aliphatic hydroxyl groups excluding tert-OH is 1. The van der Waals surface area contributed by atoms with Gasteiger partial charge in [-0.2, -0.15) is 0 Å². The molecule has 0 aliphatic heterocycles. The SMILES string of the molecule is C=CCOc1ccccc1C[NH2+]CCOCCO. The van der Waals surface area contributed by atoms with Crippen LogP contribution < -0.4 is 10.1 Å². The molecule has 0 amide bonds. The van der Waals surface area contributed by atoms with Crippen molar-refractivity contribution in [3.8, 4) is 5.75 Å². The topological polar surface area (TPSA) is 55.3 Å². The molecule has 18 heavy (non-hydrogen) atoms. The van der Waals surface area contributed by atoms with Gasteiger partial charge in [0.1, 0.15) is 18.9 Å². The Bertz CT molecular complexity index is 342. The molecule has 4 nitrogen and oxygen atoms in total. The Balaban J connectivity index is 2.29. The zero-order valence-electron chi connectivity index (χ0n) is 10.7. The highest BCUT2D eigenvalue weighted by molar-refractivity contribution is 5.32. The first-order valence-electron chi connectivity index (χ1n) is 6.20. The highest BCUT2D eigenvalue weighted by atomic mass is 16.5. The van der Waals surface area contributed by atoms with Crippen molar-refractivity contribution in [3.63, 3.8) is 0 Å². The van der Waals surface area contributed by atoms with Crippen LogP contribution in [-0.2, 0) is 11.3 Å². The maximum absolute atomic E-state index is 8.56. The second kappa shape index (κ2) is 9.65. The van der Waals surface area contributed by atoms with Crippen molar-refractivity contribution in [1.29, 1.82) is 0 Å². The maximum Gasteiger partial charge on any atom is 0.128 e. The summed E-state index contributed by atoms with van der Waals surface area (Å²) in [7, 11) is 0. The molecule has 100 valence electrons. The van der Waals surface area contributed by atoms with Gasteiger partial charge in [0.05, 0.1) is 26.4 Å². The molecule has 0 aromatic heterocycles. The highest BCUT2D eigenvalue weighted by Gasteiger charge is 2.03. The van der Waals surface area contributed by atoms with Crippen LogP contribution in [0.5, 0.6) is 5.75 Å². The Morgan fingerprint density at radius 1 is 1.28 bits per heavy atom. The van der Waals surface area contributed by atoms with Crippen LogP contribution in [0.2, 0.25) is 0 Å². The van der Waals surface area contributed by atoms with Gasteiger partial charge in [0.25, 0.3) is 0 Å². The van der Waals surface area contributed by atoms with Crippen molar-refractivity contribution in [2.75, 3.05) is 33.0 Å². The summed E-state index contributed by atoms with van der Waals surface area (Å²) in [5, 5.41) is 10.7. The molecule has 0 saturated heterocycles. The van der Waals surface area contributed by atoms with E-state index in [1.807, 2.05) is 18.2 Å². The fourth-order valence-electron chi connectivity index (χ4n) is 1.55. The number of para-hydroxylation sites is 1. The lowest BCUT2D eigenvalue weighted by molar-refractivity contribution is -0.672. The van der Waals surface area contributed by atoms with Gasteiger partial charge in [0, 0.05) is 5.56 Å². The summed E-state index contributed by atoms with van der Waals surface area (Å²) in [6, 6.07) is 8.00. The lowest BCUT2D eigenvalue weighted by Gasteiger charge is -2.09. The molecular formula is C14H22NO3+. The van der Waals surface area contributed by atoms with Crippen molar-refractivity contribution in [3.05, 3.63) is 42.5 Å². The van der Waals surface area contributed by atoms with Crippen LogP contribution in [0, 0.1) is 0 Å². The molecule has 1 rings (SSSR count). The van der Waals surface area contributed by atoms with Crippen LogP contribution in [-0.4, -0.2) is 38.1 Å². The molecule has 0 heterocycles. The molecule has 0 aliphatic carbocycles. The number of quaternary nitrogens is 1. The van der Waals surface area contributed by atoms with E-state index in [9.17, 15) is 0 Å². The monoisotopic (exact) mass is 252 g/mol. The van der Waals surface area contributed by atoms with Gasteiger partial charge in [0.2, 0.25) is 0 Å². The maximum atomic E-state index is 8.56. The van der Waals surface area contributed by atoms with E-state index in [4.69, 9.17) is 14.6 Å². The minimum atomic E-state index is 0.0816. The Labute approximate surface area is 108 Å². The highest BCUT2D eigenvalue weighted by Crippen LogP contribution is 2.16. The molecule has 1 aromatic rings. The molecule has 0 atom stereocenters. The molecule has 0 saturated carbocycles. The van der Waals surface area contributed by atoms with Crippen LogP contribution in [0.25, 0.3) is 0 Å². The fraction of sp³-hybridized carbons (Fsp3) is 0.429. The summed E-state index contributed by atoms with van der Waals surface area (Å²) >= 11 is 0. The lowest BCUT2D eigenvalue weighted by atomic mass is 10.2. The Morgan fingerprint density at radius 2 is 2.11 bits per heavy atom. The van der Waals surface area contributed by atoms with E-state index < -0.39 is 0 Å². The third kappa shape index (κ3) is 5.82. The molecule has 0 bridgehead atoms. The summed E-state index contributed by atoms with van der Waals surface area (Å²) in [5.74, 6) is 0.907. The first kappa shape index (κ1) is 14.7. The second-order valence-electron chi connectivity index (χ2n) is 3.82. The number of hydrogen-bond acceptors (Lipinski definition) is 3. The predicted molar refractivity (Wildman–Crippen MR) is 70.5 cm³/mol. The summed E-state index contributed by atoms with van der Waals surface area (Å²) in [5.41, 5.74) is 1.17. The molecule has 4 heteroatoms. The average Bonchev–Trinajstić information content (AvgIpc) is 2.41. The predicted octanol–water partition coefficient (Wildman–Crippen LogP) is 0.324. The van der Waals surface area contributed by atoms with Crippen LogP contribution in [0.1, 0.15) is 5.56 Å². The van der Waals surface area contributed by atoms with E-state index in [1.54, 1.807) is 6.08 Å². The summed E-state index contributed by atoms with van der Waals surface area (Å²) in [6.45, 7) is 7.03. The van der Waals surface area contributed by atoms with Gasteiger partial charge < -0.3 is 19.9 Å². The number of hydrogen-bond donors (Lipinski definition) is 2. The van der Waals surface area contributed by atoms with Crippen molar-refractivity contribution in [2.45, 2.75) is 6.54 Å². The zero-order chi connectivity index (χ0) is 13.1. The molecule has 0 aliphatic rings. The molecular weight excluding hydrogens is 230 g/mol. The number of aliphatic hydroxyl groups is 1. The average molecular weight is 252 g/mol. The van der Waals surface area contributed by atoms with Crippen molar-refractivity contribution in [2.24, 2.45) is 0 Å². The van der Waals surface area contributed by atoms with E-state index in [-0.39, 0.29) is 6.61 Å². The van der Waals surface area contributed by atoms with E-state index in [1.165, 1.54) is 5.56 Å². The van der Waals surface area contributed by atoms with Gasteiger partial charge >= 0.3 is 0 Å². The second-order valence-corrected chi connectivity index (χ2v) is 3.82. The van der Waals surface area contributed by atoms with Crippen LogP contribution in [0.3, 0.4) is 0 Å². The zero-order valence-corrected chi connectivity index (χ0v) is 10.7. The van der Waals surface area contributed by atoms with Gasteiger partial charge in [-0.3, -0.25) is 0 Å². The third-order valence-electron chi connectivity index (χ3n) is 2.40. The van der Waals surface area contributed by atoms with E-state index >= 15 is 0 Å². The Kier molecular flexibility index (Phi) is 7.88. The van der Waals surface area contributed by atoms with E-state index in [0.29, 0.717) is 19.8 Å².